The average Bonchev–Trinajstić information content (AvgIpc) is 2.67. The van der Waals surface area contributed by atoms with Gasteiger partial charge >= 0.3 is 5.97 Å². The monoisotopic (exact) mass is 397 g/mol. The van der Waals surface area contributed by atoms with Gasteiger partial charge in [0.2, 0.25) is 17.7 Å². The number of benzene rings is 2. The molecule has 0 bridgehead atoms. The van der Waals surface area contributed by atoms with Gasteiger partial charge in [0.15, 0.2) is 0 Å². The Morgan fingerprint density at radius 3 is 1.93 bits per heavy atom. The molecule has 0 aliphatic rings. The normalized spacial score (nSPS) is 12.4. The van der Waals surface area contributed by atoms with Crippen LogP contribution in [0, 0.1) is 0 Å². The van der Waals surface area contributed by atoms with Crippen LogP contribution in [0.1, 0.15) is 28.4 Å². The summed E-state index contributed by atoms with van der Waals surface area (Å²) >= 11 is 0. The highest BCUT2D eigenvalue weighted by Crippen LogP contribution is 2.09. The molecule has 0 unspecified atom stereocenters. The van der Waals surface area contributed by atoms with Crippen molar-refractivity contribution >= 4 is 23.7 Å². The van der Waals surface area contributed by atoms with E-state index >= 15 is 0 Å². The molecule has 0 aromatic heterocycles. The van der Waals surface area contributed by atoms with Crippen LogP contribution in [0.3, 0.4) is 0 Å². The van der Waals surface area contributed by atoms with E-state index in [-0.39, 0.29) is 24.3 Å². The van der Waals surface area contributed by atoms with E-state index in [0.717, 1.165) is 5.56 Å². The summed E-state index contributed by atoms with van der Waals surface area (Å²) in [6, 6.07) is 13.2. The first-order valence-electron chi connectivity index (χ1n) is 8.99. The molecule has 0 radical (unpaired) electrons. The minimum atomic E-state index is -1.06. The highest BCUT2D eigenvalue weighted by Gasteiger charge is 2.25. The summed E-state index contributed by atoms with van der Waals surface area (Å²) in [7, 11) is 0. The van der Waals surface area contributed by atoms with Crippen LogP contribution >= 0.6 is 0 Å². The molecule has 0 saturated carbocycles. The molecule has 2 aromatic carbocycles. The molecule has 5 N–H and O–H groups in total. The molecule has 3 amide bonds. The average molecular weight is 397 g/mol. The topological polar surface area (TPSA) is 139 Å². The third-order valence-electron chi connectivity index (χ3n) is 4.28. The van der Waals surface area contributed by atoms with E-state index in [9.17, 15) is 19.2 Å². The summed E-state index contributed by atoms with van der Waals surface area (Å²) in [5.41, 5.74) is 7.03. The molecule has 0 heterocycles. The number of rotatable bonds is 9. The SMILES string of the molecule is CC(=O)N[C@@H](Cc1ccccc1)C(=O)N[C@H](Cc1ccc(C(=O)O)cc1)C(N)=O. The van der Waals surface area contributed by atoms with E-state index in [2.05, 4.69) is 10.6 Å². The highest BCUT2D eigenvalue weighted by molar-refractivity contribution is 5.91. The number of hydrogen-bond acceptors (Lipinski definition) is 4. The number of primary amides is 1. The fourth-order valence-electron chi connectivity index (χ4n) is 2.82. The van der Waals surface area contributed by atoms with Crippen molar-refractivity contribution in [2.75, 3.05) is 0 Å². The molecule has 0 aliphatic heterocycles. The van der Waals surface area contributed by atoms with Crippen LogP contribution in [0.15, 0.2) is 54.6 Å². The van der Waals surface area contributed by atoms with Crippen molar-refractivity contribution in [1.29, 1.82) is 0 Å². The predicted molar refractivity (Wildman–Crippen MR) is 106 cm³/mol. The van der Waals surface area contributed by atoms with Gasteiger partial charge in [-0.25, -0.2) is 4.79 Å². The fraction of sp³-hybridized carbons (Fsp3) is 0.238. The standard InChI is InChI=1S/C21H23N3O5/c1-13(25)23-18(12-14-5-3-2-4-6-14)20(27)24-17(19(22)26)11-15-7-9-16(10-8-15)21(28)29/h2-10,17-18H,11-12H2,1H3,(H2,22,26)(H,23,25)(H,24,27)(H,28,29)/t17-,18+/m1/s1. The Bertz CT molecular complexity index is 881. The van der Waals surface area contributed by atoms with Crippen molar-refractivity contribution in [2.45, 2.75) is 31.8 Å². The highest BCUT2D eigenvalue weighted by atomic mass is 16.4. The second-order valence-electron chi connectivity index (χ2n) is 6.61. The van der Waals surface area contributed by atoms with E-state index in [1.54, 1.807) is 12.1 Å². The Labute approximate surface area is 168 Å². The number of aromatic carboxylic acids is 1. The molecule has 2 atom stereocenters. The van der Waals surface area contributed by atoms with Crippen molar-refractivity contribution in [1.82, 2.24) is 10.6 Å². The Kier molecular flexibility index (Phi) is 7.47. The molecule has 152 valence electrons. The summed E-state index contributed by atoms with van der Waals surface area (Å²) in [5.74, 6) is -2.70. The lowest BCUT2D eigenvalue weighted by atomic mass is 10.0. The fourth-order valence-corrected chi connectivity index (χ4v) is 2.82. The molecule has 2 rings (SSSR count). The van der Waals surface area contributed by atoms with Crippen molar-refractivity contribution in [3.63, 3.8) is 0 Å². The number of carbonyl (C=O) groups excluding carboxylic acids is 3. The summed E-state index contributed by atoms with van der Waals surface area (Å²) in [6.45, 7) is 1.31. The van der Waals surface area contributed by atoms with Crippen LogP contribution in [-0.4, -0.2) is 40.9 Å². The molecule has 29 heavy (non-hydrogen) atoms. The number of amides is 3. The third-order valence-corrected chi connectivity index (χ3v) is 4.28. The summed E-state index contributed by atoms with van der Waals surface area (Å²) in [4.78, 5) is 47.0. The van der Waals surface area contributed by atoms with E-state index in [1.165, 1.54) is 19.1 Å². The Balaban J connectivity index is 2.11. The van der Waals surface area contributed by atoms with Crippen molar-refractivity contribution < 1.29 is 24.3 Å². The number of carbonyl (C=O) groups is 4. The first kappa shape index (κ1) is 21.6. The van der Waals surface area contributed by atoms with Gasteiger partial charge in [-0.15, -0.1) is 0 Å². The maximum absolute atomic E-state index is 12.7. The second-order valence-corrected chi connectivity index (χ2v) is 6.61. The zero-order chi connectivity index (χ0) is 21.4. The number of hydrogen-bond donors (Lipinski definition) is 4. The van der Waals surface area contributed by atoms with Crippen LogP contribution in [0.25, 0.3) is 0 Å². The van der Waals surface area contributed by atoms with Crippen LogP contribution in [0.2, 0.25) is 0 Å². The molecular weight excluding hydrogens is 374 g/mol. The van der Waals surface area contributed by atoms with Crippen molar-refractivity contribution in [2.24, 2.45) is 5.73 Å². The molecule has 2 aromatic rings. The van der Waals surface area contributed by atoms with E-state index in [4.69, 9.17) is 10.8 Å². The maximum Gasteiger partial charge on any atom is 0.335 e. The largest absolute Gasteiger partial charge is 0.478 e. The Morgan fingerprint density at radius 2 is 1.41 bits per heavy atom. The number of nitrogens with one attached hydrogen (secondary N) is 2. The molecule has 0 saturated heterocycles. The Morgan fingerprint density at radius 1 is 0.862 bits per heavy atom. The maximum atomic E-state index is 12.7. The van der Waals surface area contributed by atoms with Gasteiger partial charge in [-0.1, -0.05) is 42.5 Å². The van der Waals surface area contributed by atoms with Crippen LogP contribution in [-0.2, 0) is 27.2 Å². The van der Waals surface area contributed by atoms with Crippen molar-refractivity contribution in [3.8, 4) is 0 Å². The molecule has 0 fully saturated rings. The molecule has 0 spiro atoms. The summed E-state index contributed by atoms with van der Waals surface area (Å²) < 4.78 is 0. The first-order valence-corrected chi connectivity index (χ1v) is 8.99. The van der Waals surface area contributed by atoms with Gasteiger partial charge in [-0.3, -0.25) is 14.4 Å². The smallest absolute Gasteiger partial charge is 0.335 e. The Hall–Kier alpha value is -3.68. The molecule has 8 heteroatoms. The number of carboxylic acid groups (broad SMARTS) is 1. The van der Waals surface area contributed by atoms with Gasteiger partial charge in [0, 0.05) is 19.8 Å². The van der Waals surface area contributed by atoms with Gasteiger partial charge in [-0.2, -0.15) is 0 Å². The molecule has 0 aliphatic carbocycles. The molecular formula is C21H23N3O5. The van der Waals surface area contributed by atoms with E-state index in [0.29, 0.717) is 5.56 Å². The molecule has 8 nitrogen and oxygen atoms in total. The third kappa shape index (κ3) is 6.76. The number of carboxylic acids is 1. The first-order chi connectivity index (χ1) is 13.8. The van der Waals surface area contributed by atoms with Gasteiger partial charge in [0.05, 0.1) is 5.56 Å². The minimum Gasteiger partial charge on any atom is -0.478 e. The lowest BCUT2D eigenvalue weighted by Crippen LogP contribution is -2.54. The summed E-state index contributed by atoms with van der Waals surface area (Å²) in [5, 5.41) is 14.1. The van der Waals surface area contributed by atoms with Gasteiger partial charge < -0.3 is 21.5 Å². The lowest BCUT2D eigenvalue weighted by Gasteiger charge is -2.22. The predicted octanol–water partition coefficient (Wildman–Crippen LogP) is 0.645. The van der Waals surface area contributed by atoms with Gasteiger partial charge in [-0.05, 0) is 23.3 Å². The lowest BCUT2D eigenvalue weighted by molar-refractivity contribution is -0.130. The van der Waals surface area contributed by atoms with E-state index < -0.39 is 29.9 Å². The van der Waals surface area contributed by atoms with Crippen LogP contribution in [0.4, 0.5) is 0 Å². The van der Waals surface area contributed by atoms with Crippen molar-refractivity contribution in [3.05, 3.63) is 71.3 Å². The zero-order valence-electron chi connectivity index (χ0n) is 15.9. The second kappa shape index (κ2) is 10.0. The number of nitrogens with two attached hydrogens (primary N) is 1. The zero-order valence-corrected chi connectivity index (χ0v) is 15.9. The van der Waals surface area contributed by atoms with Gasteiger partial charge in [0.25, 0.3) is 0 Å². The van der Waals surface area contributed by atoms with Gasteiger partial charge in [0.1, 0.15) is 12.1 Å². The van der Waals surface area contributed by atoms with Crippen LogP contribution in [0.5, 0.6) is 0 Å². The quantitative estimate of drug-likeness (QED) is 0.492. The van der Waals surface area contributed by atoms with Crippen LogP contribution < -0.4 is 16.4 Å². The minimum absolute atomic E-state index is 0.0963. The van der Waals surface area contributed by atoms with E-state index in [1.807, 2.05) is 30.3 Å². The summed E-state index contributed by atoms with van der Waals surface area (Å²) in [6.07, 6.45) is 0.351.